The predicted molar refractivity (Wildman–Crippen MR) is 77.8 cm³/mol. The molecule has 19 heavy (non-hydrogen) atoms. The summed E-state index contributed by atoms with van der Waals surface area (Å²) in [6, 6.07) is 0.0572. The van der Waals surface area contributed by atoms with Gasteiger partial charge in [0, 0.05) is 17.7 Å². The second-order valence-corrected chi connectivity index (χ2v) is 7.70. The van der Waals surface area contributed by atoms with Crippen molar-refractivity contribution in [1.29, 1.82) is 0 Å². The van der Waals surface area contributed by atoms with E-state index in [-0.39, 0.29) is 11.1 Å². The van der Waals surface area contributed by atoms with Crippen molar-refractivity contribution in [3.63, 3.8) is 0 Å². The van der Waals surface area contributed by atoms with Crippen molar-refractivity contribution in [1.82, 2.24) is 14.7 Å². The number of hydrogen-bond donors (Lipinski definition) is 2. The van der Waals surface area contributed by atoms with Crippen molar-refractivity contribution in [2.24, 2.45) is 0 Å². The van der Waals surface area contributed by atoms with Crippen molar-refractivity contribution in [3.8, 4) is 0 Å². The first-order valence-corrected chi connectivity index (χ1v) is 9.41. The number of sulfonamides is 1. The van der Waals surface area contributed by atoms with Crippen molar-refractivity contribution in [2.45, 2.75) is 55.3 Å². The zero-order valence-electron chi connectivity index (χ0n) is 11.3. The number of thioether (sulfide) groups is 1. The summed E-state index contributed by atoms with van der Waals surface area (Å²) in [5.74, 6) is 0.700. The molecule has 1 aromatic rings. The molecule has 0 bridgehead atoms. The van der Waals surface area contributed by atoms with Crippen LogP contribution >= 0.6 is 11.8 Å². The molecule has 0 saturated heterocycles. The third kappa shape index (κ3) is 3.73. The third-order valence-electron chi connectivity index (χ3n) is 3.56. The normalized spacial score (nSPS) is 24.5. The quantitative estimate of drug-likeness (QED) is 0.871. The number of aromatic amines is 1. The lowest BCUT2D eigenvalue weighted by atomic mass is 9.96. The Morgan fingerprint density at radius 1 is 1.42 bits per heavy atom. The van der Waals surface area contributed by atoms with Gasteiger partial charge in [0.15, 0.2) is 5.03 Å². The number of nitrogens with one attached hydrogen (secondary N) is 2. The lowest BCUT2D eigenvalue weighted by molar-refractivity contribution is 0.419. The van der Waals surface area contributed by atoms with Gasteiger partial charge in [-0.1, -0.05) is 6.92 Å². The van der Waals surface area contributed by atoms with Gasteiger partial charge in [-0.2, -0.15) is 11.8 Å². The highest BCUT2D eigenvalue weighted by atomic mass is 32.2. The van der Waals surface area contributed by atoms with Gasteiger partial charge in [0.05, 0.1) is 6.20 Å². The zero-order valence-corrected chi connectivity index (χ0v) is 13.0. The van der Waals surface area contributed by atoms with Gasteiger partial charge in [0.1, 0.15) is 5.82 Å². The highest BCUT2D eigenvalue weighted by Crippen LogP contribution is 2.27. The second-order valence-electron chi connectivity index (χ2n) is 4.88. The Morgan fingerprint density at radius 2 is 2.11 bits per heavy atom. The highest BCUT2D eigenvalue weighted by molar-refractivity contribution is 7.99. The first kappa shape index (κ1) is 14.9. The van der Waals surface area contributed by atoms with E-state index >= 15 is 0 Å². The fourth-order valence-corrected chi connectivity index (χ4v) is 4.35. The van der Waals surface area contributed by atoms with Crippen LogP contribution in [-0.4, -0.2) is 35.9 Å². The molecule has 0 atom stereocenters. The molecule has 2 N–H and O–H groups in total. The lowest BCUT2D eigenvalue weighted by Gasteiger charge is -2.27. The molecule has 0 unspecified atom stereocenters. The van der Waals surface area contributed by atoms with Gasteiger partial charge in [0.25, 0.3) is 10.0 Å². The van der Waals surface area contributed by atoms with Crippen LogP contribution in [0.1, 0.15) is 38.4 Å². The van der Waals surface area contributed by atoms with E-state index in [1.807, 2.05) is 18.7 Å². The van der Waals surface area contributed by atoms with Gasteiger partial charge in [0.2, 0.25) is 0 Å². The van der Waals surface area contributed by atoms with E-state index in [0.29, 0.717) is 17.5 Å². The van der Waals surface area contributed by atoms with E-state index in [9.17, 15) is 8.42 Å². The molecule has 0 radical (unpaired) electrons. The standard InChI is InChI=1S/C12H21N3O2S2/c1-3-11-13-8-12(14-11)19(16,17)15-9-4-6-10(18-2)7-5-9/h8-10,15H,3-7H2,1-2H3,(H,13,14). The smallest absolute Gasteiger partial charge is 0.257 e. The van der Waals surface area contributed by atoms with Crippen LogP contribution in [0, 0.1) is 0 Å². The summed E-state index contributed by atoms with van der Waals surface area (Å²) in [5, 5.41) is 0.857. The number of rotatable bonds is 5. The lowest BCUT2D eigenvalue weighted by Crippen LogP contribution is -2.38. The molecule has 1 aromatic heterocycles. The van der Waals surface area contributed by atoms with Crippen LogP contribution in [0.4, 0.5) is 0 Å². The van der Waals surface area contributed by atoms with Crippen LogP contribution in [-0.2, 0) is 16.4 Å². The third-order valence-corrected chi connectivity index (χ3v) is 6.13. The molecule has 0 spiro atoms. The summed E-state index contributed by atoms with van der Waals surface area (Å²) < 4.78 is 27.2. The number of imidazole rings is 1. The maximum atomic E-state index is 12.2. The van der Waals surface area contributed by atoms with Crippen molar-refractivity contribution >= 4 is 21.8 Å². The monoisotopic (exact) mass is 303 g/mol. The number of aromatic nitrogens is 2. The Balaban J connectivity index is 1.98. The van der Waals surface area contributed by atoms with Gasteiger partial charge in [-0.15, -0.1) is 0 Å². The molecule has 0 aliphatic heterocycles. The second kappa shape index (κ2) is 6.28. The van der Waals surface area contributed by atoms with E-state index in [2.05, 4.69) is 20.9 Å². The van der Waals surface area contributed by atoms with Gasteiger partial charge in [-0.3, -0.25) is 0 Å². The number of hydrogen-bond acceptors (Lipinski definition) is 4. The van der Waals surface area contributed by atoms with Gasteiger partial charge < -0.3 is 4.98 Å². The molecular formula is C12H21N3O2S2. The highest BCUT2D eigenvalue weighted by Gasteiger charge is 2.26. The van der Waals surface area contributed by atoms with E-state index in [0.717, 1.165) is 25.7 Å². The first-order chi connectivity index (χ1) is 9.05. The number of nitrogens with zero attached hydrogens (tertiary/aromatic N) is 1. The maximum Gasteiger partial charge on any atom is 0.257 e. The molecule has 1 fully saturated rings. The molecule has 1 aliphatic rings. The summed E-state index contributed by atoms with van der Waals surface area (Å²) >= 11 is 1.88. The number of aryl methyl sites for hydroxylation is 1. The predicted octanol–water partition coefficient (Wildman–Crippen LogP) is 1.92. The Bertz CT molecular complexity index is 505. The Hall–Kier alpha value is -0.530. The fourth-order valence-electron chi connectivity index (χ4n) is 2.36. The molecule has 1 heterocycles. The topological polar surface area (TPSA) is 74.8 Å². The van der Waals surface area contributed by atoms with Crippen LogP contribution in [0.25, 0.3) is 0 Å². The van der Waals surface area contributed by atoms with Gasteiger partial charge in [-0.25, -0.2) is 18.1 Å². The van der Waals surface area contributed by atoms with Crippen LogP contribution in [0.15, 0.2) is 11.2 Å². The fraction of sp³-hybridized carbons (Fsp3) is 0.750. The van der Waals surface area contributed by atoms with Crippen molar-refractivity contribution in [2.75, 3.05) is 6.26 Å². The number of H-pyrrole nitrogens is 1. The maximum absolute atomic E-state index is 12.2. The molecule has 5 nitrogen and oxygen atoms in total. The molecule has 108 valence electrons. The Kier molecular flexibility index (Phi) is 4.92. The Labute approximate surface area is 119 Å². The largest absolute Gasteiger partial charge is 0.332 e. The molecule has 0 aromatic carbocycles. The first-order valence-electron chi connectivity index (χ1n) is 6.64. The minimum Gasteiger partial charge on any atom is -0.332 e. The molecular weight excluding hydrogens is 282 g/mol. The van der Waals surface area contributed by atoms with E-state index in [4.69, 9.17) is 0 Å². The van der Waals surface area contributed by atoms with Gasteiger partial charge >= 0.3 is 0 Å². The minimum absolute atomic E-state index is 0.0572. The summed E-state index contributed by atoms with van der Waals surface area (Å²) in [6.45, 7) is 1.94. The average Bonchev–Trinajstić information content (AvgIpc) is 2.89. The summed E-state index contributed by atoms with van der Waals surface area (Å²) in [7, 11) is -3.45. The van der Waals surface area contributed by atoms with Crippen molar-refractivity contribution < 1.29 is 8.42 Å². The summed E-state index contributed by atoms with van der Waals surface area (Å²) in [6.07, 6.45) is 8.21. The van der Waals surface area contributed by atoms with Crippen molar-refractivity contribution in [3.05, 3.63) is 12.0 Å². The van der Waals surface area contributed by atoms with E-state index < -0.39 is 10.0 Å². The van der Waals surface area contributed by atoms with E-state index in [1.165, 1.54) is 6.20 Å². The summed E-state index contributed by atoms with van der Waals surface area (Å²) in [5.41, 5.74) is 0. The molecule has 2 rings (SSSR count). The van der Waals surface area contributed by atoms with Crippen LogP contribution in [0.3, 0.4) is 0 Å². The zero-order chi connectivity index (χ0) is 13.9. The average molecular weight is 303 g/mol. The van der Waals surface area contributed by atoms with E-state index in [1.54, 1.807) is 0 Å². The molecule has 1 saturated carbocycles. The van der Waals surface area contributed by atoms with Crippen LogP contribution in [0.2, 0.25) is 0 Å². The van der Waals surface area contributed by atoms with Crippen LogP contribution < -0.4 is 4.72 Å². The molecule has 7 heteroatoms. The van der Waals surface area contributed by atoms with Gasteiger partial charge in [-0.05, 0) is 31.9 Å². The molecule has 0 amide bonds. The summed E-state index contributed by atoms with van der Waals surface area (Å²) in [4.78, 5) is 6.89. The van der Waals surface area contributed by atoms with Crippen LogP contribution in [0.5, 0.6) is 0 Å². The SMILES string of the molecule is CCc1ncc(S(=O)(=O)NC2CCC(SC)CC2)[nH]1. The molecule has 1 aliphatic carbocycles. The Morgan fingerprint density at radius 3 is 2.63 bits per heavy atom. The minimum atomic E-state index is -3.45.